The molecule has 0 amide bonds. The summed E-state index contributed by atoms with van der Waals surface area (Å²) >= 11 is 6.48. The molecule has 28 heavy (non-hydrogen) atoms. The lowest BCUT2D eigenvalue weighted by atomic mass is 10.2. The lowest BCUT2D eigenvalue weighted by molar-refractivity contribution is 0.0472. The molecule has 3 heterocycles. The van der Waals surface area contributed by atoms with Gasteiger partial charge < -0.3 is 4.74 Å². The van der Waals surface area contributed by atoms with Crippen molar-refractivity contribution in [2.45, 2.75) is 20.5 Å². The van der Waals surface area contributed by atoms with Gasteiger partial charge in [0.05, 0.1) is 22.6 Å². The summed E-state index contributed by atoms with van der Waals surface area (Å²) in [5.41, 5.74) is 4.12. The maximum atomic E-state index is 12.5. The van der Waals surface area contributed by atoms with E-state index in [1.54, 1.807) is 15.4 Å². The van der Waals surface area contributed by atoms with Gasteiger partial charge >= 0.3 is 5.97 Å². The highest BCUT2D eigenvalue weighted by molar-refractivity contribution is 6.30. The minimum Gasteiger partial charge on any atom is -0.457 e. The second-order valence-electron chi connectivity index (χ2n) is 6.48. The molecular formula is C20H18ClN5O2. The summed E-state index contributed by atoms with van der Waals surface area (Å²) in [6.45, 7) is 3.74. The fraction of sp³-hybridized carbons (Fsp3) is 0.200. The number of pyridine rings is 1. The first-order valence-corrected chi connectivity index (χ1v) is 9.09. The average Bonchev–Trinajstić information content (AvgIpc) is 3.15. The van der Waals surface area contributed by atoms with Gasteiger partial charge in [0.1, 0.15) is 11.8 Å². The molecule has 4 rings (SSSR count). The van der Waals surface area contributed by atoms with Gasteiger partial charge in [-0.15, -0.1) is 0 Å². The zero-order valence-corrected chi connectivity index (χ0v) is 16.4. The molecule has 1 aromatic carbocycles. The van der Waals surface area contributed by atoms with Crippen LogP contribution in [0.1, 0.15) is 27.3 Å². The number of rotatable bonds is 4. The Morgan fingerprint density at radius 1 is 1.14 bits per heavy atom. The number of para-hydroxylation sites is 1. The monoisotopic (exact) mass is 395 g/mol. The van der Waals surface area contributed by atoms with Gasteiger partial charge in [0.15, 0.2) is 5.65 Å². The average molecular weight is 396 g/mol. The van der Waals surface area contributed by atoms with Crippen molar-refractivity contribution in [3.63, 3.8) is 0 Å². The number of esters is 1. The molecule has 0 saturated carbocycles. The number of aryl methyl sites for hydroxylation is 3. The molecule has 0 N–H and O–H groups in total. The van der Waals surface area contributed by atoms with Gasteiger partial charge in [0, 0.05) is 24.2 Å². The molecule has 0 atom stereocenters. The lowest BCUT2D eigenvalue weighted by Gasteiger charge is -2.06. The molecule has 0 radical (unpaired) electrons. The molecular weight excluding hydrogens is 378 g/mol. The fourth-order valence-electron chi connectivity index (χ4n) is 3.08. The summed E-state index contributed by atoms with van der Waals surface area (Å²) in [5.74, 6) is -0.472. The third-order valence-electron chi connectivity index (χ3n) is 4.57. The van der Waals surface area contributed by atoms with Crippen molar-refractivity contribution in [3.8, 4) is 5.69 Å². The van der Waals surface area contributed by atoms with Crippen LogP contribution in [0.3, 0.4) is 0 Å². The number of halogens is 1. The first-order chi connectivity index (χ1) is 13.5. The maximum Gasteiger partial charge on any atom is 0.340 e. The number of hydrogen-bond acceptors (Lipinski definition) is 5. The highest BCUT2D eigenvalue weighted by Crippen LogP contribution is 2.25. The van der Waals surface area contributed by atoms with Crippen molar-refractivity contribution in [2.75, 3.05) is 0 Å². The van der Waals surface area contributed by atoms with Gasteiger partial charge in [-0.25, -0.2) is 14.5 Å². The van der Waals surface area contributed by atoms with Crippen molar-refractivity contribution in [2.24, 2.45) is 7.05 Å². The third kappa shape index (κ3) is 3.14. The van der Waals surface area contributed by atoms with Crippen molar-refractivity contribution in [3.05, 3.63) is 70.3 Å². The van der Waals surface area contributed by atoms with Crippen LogP contribution in [0.4, 0.5) is 0 Å². The number of fused-ring (bicyclic) bond motifs is 1. The second-order valence-corrected chi connectivity index (χ2v) is 6.84. The molecule has 0 saturated heterocycles. The summed E-state index contributed by atoms with van der Waals surface area (Å²) in [6.07, 6.45) is 1.49. The van der Waals surface area contributed by atoms with Gasteiger partial charge in [-0.05, 0) is 32.0 Å². The normalized spacial score (nSPS) is 11.1. The van der Waals surface area contributed by atoms with E-state index in [2.05, 4.69) is 15.2 Å². The van der Waals surface area contributed by atoms with E-state index < -0.39 is 5.97 Å². The minimum atomic E-state index is -0.472. The molecule has 0 unspecified atom stereocenters. The standard InChI is InChI=1S/C20H18ClN5O2/c1-12-16-9-14(10-22-19(16)25(3)23-12)20(27)28-11-17-13(2)24-26(18(17)21)15-7-5-4-6-8-15/h4-10H,11H2,1-3H3. The predicted molar refractivity (Wildman–Crippen MR) is 106 cm³/mol. The van der Waals surface area contributed by atoms with Crippen LogP contribution in [-0.2, 0) is 18.4 Å². The van der Waals surface area contributed by atoms with Gasteiger partial charge in [0.25, 0.3) is 0 Å². The number of benzene rings is 1. The molecule has 0 spiro atoms. The molecule has 7 nitrogen and oxygen atoms in total. The Morgan fingerprint density at radius 2 is 1.89 bits per heavy atom. The molecule has 0 aliphatic rings. The van der Waals surface area contributed by atoms with Gasteiger partial charge in [0.2, 0.25) is 0 Å². The van der Waals surface area contributed by atoms with Gasteiger partial charge in [-0.1, -0.05) is 29.8 Å². The van der Waals surface area contributed by atoms with Crippen molar-refractivity contribution in [1.82, 2.24) is 24.5 Å². The van der Waals surface area contributed by atoms with E-state index in [1.807, 2.05) is 51.2 Å². The molecule has 4 aromatic rings. The molecule has 0 aliphatic carbocycles. The van der Waals surface area contributed by atoms with E-state index in [4.69, 9.17) is 16.3 Å². The van der Waals surface area contributed by atoms with Gasteiger partial charge in [-0.3, -0.25) is 4.68 Å². The Morgan fingerprint density at radius 3 is 2.64 bits per heavy atom. The Kier molecular flexibility index (Phi) is 4.60. The fourth-order valence-corrected chi connectivity index (χ4v) is 3.40. The van der Waals surface area contributed by atoms with Crippen LogP contribution in [0, 0.1) is 13.8 Å². The quantitative estimate of drug-likeness (QED) is 0.491. The molecule has 142 valence electrons. The summed E-state index contributed by atoms with van der Waals surface area (Å²) in [4.78, 5) is 16.8. The number of carbonyl (C=O) groups is 1. The predicted octanol–water partition coefficient (Wildman–Crippen LogP) is 3.78. The molecule has 3 aromatic heterocycles. The van der Waals surface area contributed by atoms with Crippen LogP contribution < -0.4 is 0 Å². The first-order valence-electron chi connectivity index (χ1n) is 8.71. The lowest BCUT2D eigenvalue weighted by Crippen LogP contribution is -2.06. The van der Waals surface area contributed by atoms with Crippen LogP contribution in [0.25, 0.3) is 16.7 Å². The number of nitrogens with zero attached hydrogens (tertiary/aromatic N) is 5. The van der Waals surface area contributed by atoms with Crippen LogP contribution >= 0.6 is 11.6 Å². The van der Waals surface area contributed by atoms with Crippen molar-refractivity contribution >= 4 is 28.6 Å². The molecule has 0 fully saturated rings. The molecule has 0 aliphatic heterocycles. The van der Waals surface area contributed by atoms with Crippen LogP contribution in [0.2, 0.25) is 5.15 Å². The SMILES string of the molecule is Cc1nn(-c2ccccc2)c(Cl)c1COC(=O)c1cnc2c(c1)c(C)nn2C. The summed E-state index contributed by atoms with van der Waals surface area (Å²) in [7, 11) is 1.81. The number of aromatic nitrogens is 5. The van der Waals surface area contributed by atoms with E-state index in [-0.39, 0.29) is 6.61 Å². The maximum absolute atomic E-state index is 12.5. The summed E-state index contributed by atoms with van der Waals surface area (Å²) < 4.78 is 8.79. The summed E-state index contributed by atoms with van der Waals surface area (Å²) in [5, 5.41) is 10.0. The van der Waals surface area contributed by atoms with Crippen LogP contribution in [-0.4, -0.2) is 30.5 Å². The van der Waals surface area contributed by atoms with E-state index in [0.29, 0.717) is 22.0 Å². The minimum absolute atomic E-state index is 0.0282. The number of ether oxygens (including phenoxy) is 1. The Hall–Kier alpha value is -3.19. The topological polar surface area (TPSA) is 74.8 Å². The zero-order chi connectivity index (χ0) is 19.8. The second kappa shape index (κ2) is 7.09. The van der Waals surface area contributed by atoms with Gasteiger partial charge in [-0.2, -0.15) is 10.2 Å². The highest BCUT2D eigenvalue weighted by Gasteiger charge is 2.18. The summed E-state index contributed by atoms with van der Waals surface area (Å²) in [6, 6.07) is 11.3. The Labute approximate surface area is 166 Å². The number of carbonyl (C=O) groups excluding carboxylic acids is 1. The van der Waals surface area contributed by atoms with Crippen LogP contribution in [0.5, 0.6) is 0 Å². The van der Waals surface area contributed by atoms with Crippen molar-refractivity contribution in [1.29, 1.82) is 0 Å². The molecule has 8 heteroatoms. The smallest absolute Gasteiger partial charge is 0.340 e. The highest BCUT2D eigenvalue weighted by atomic mass is 35.5. The zero-order valence-electron chi connectivity index (χ0n) is 15.7. The third-order valence-corrected chi connectivity index (χ3v) is 4.96. The van der Waals surface area contributed by atoms with E-state index in [9.17, 15) is 4.79 Å². The largest absolute Gasteiger partial charge is 0.457 e. The van der Waals surface area contributed by atoms with E-state index in [1.165, 1.54) is 6.20 Å². The Balaban J connectivity index is 1.56. The Bertz CT molecular complexity index is 1180. The molecule has 0 bridgehead atoms. The van der Waals surface area contributed by atoms with Crippen molar-refractivity contribution < 1.29 is 9.53 Å². The van der Waals surface area contributed by atoms with Crippen LogP contribution in [0.15, 0.2) is 42.6 Å². The number of hydrogen-bond donors (Lipinski definition) is 0. The first kappa shape index (κ1) is 18.2. The van der Waals surface area contributed by atoms with E-state index >= 15 is 0 Å². The van der Waals surface area contributed by atoms with E-state index in [0.717, 1.165) is 22.4 Å².